The average molecular weight is 468 g/mol. The molecule has 1 N–H and O–H groups in total. The summed E-state index contributed by atoms with van der Waals surface area (Å²) in [6, 6.07) is 18.4. The first kappa shape index (κ1) is 22.0. The first-order valence-electron chi connectivity index (χ1n) is 12.3. The number of carbonyl (C=O) groups is 2. The van der Waals surface area contributed by atoms with Crippen LogP contribution in [0.4, 0.5) is 5.69 Å². The summed E-state index contributed by atoms with van der Waals surface area (Å²) in [5.41, 5.74) is 5.96. The van der Waals surface area contributed by atoms with Gasteiger partial charge in [-0.05, 0) is 53.5 Å². The fourth-order valence-electron chi connectivity index (χ4n) is 5.54. The molecule has 6 rings (SSSR count). The van der Waals surface area contributed by atoms with E-state index < -0.39 is 6.04 Å². The van der Waals surface area contributed by atoms with E-state index in [4.69, 9.17) is 4.74 Å². The molecular formula is C29H29N3O3. The summed E-state index contributed by atoms with van der Waals surface area (Å²) in [6.07, 6.45) is 2.06. The van der Waals surface area contributed by atoms with Gasteiger partial charge in [0.05, 0.1) is 18.9 Å². The highest BCUT2D eigenvalue weighted by Gasteiger charge is 2.39. The van der Waals surface area contributed by atoms with Crippen LogP contribution in [0.2, 0.25) is 0 Å². The molecule has 6 heteroatoms. The maximum absolute atomic E-state index is 13.4. The van der Waals surface area contributed by atoms with Crippen molar-refractivity contribution < 1.29 is 14.3 Å². The number of anilines is 1. The molecule has 1 atom stereocenters. The Labute approximate surface area is 205 Å². The Bertz CT molecular complexity index is 1330. The van der Waals surface area contributed by atoms with Gasteiger partial charge in [-0.15, -0.1) is 0 Å². The molecule has 3 heterocycles. The lowest BCUT2D eigenvalue weighted by Crippen LogP contribution is -2.51. The Kier molecular flexibility index (Phi) is 5.63. The lowest BCUT2D eigenvalue weighted by Gasteiger charge is -2.31. The van der Waals surface area contributed by atoms with Gasteiger partial charge in [-0.1, -0.05) is 49.0 Å². The van der Waals surface area contributed by atoms with Crippen LogP contribution in [-0.2, 0) is 22.5 Å². The molecule has 2 saturated heterocycles. The zero-order valence-electron chi connectivity index (χ0n) is 19.8. The van der Waals surface area contributed by atoms with E-state index in [0.29, 0.717) is 24.1 Å². The Morgan fingerprint density at radius 2 is 1.74 bits per heavy atom. The van der Waals surface area contributed by atoms with Gasteiger partial charge in [0.25, 0.3) is 5.91 Å². The summed E-state index contributed by atoms with van der Waals surface area (Å²) >= 11 is 0. The summed E-state index contributed by atoms with van der Waals surface area (Å²) in [4.78, 5) is 30.2. The molecule has 3 aliphatic heterocycles. The van der Waals surface area contributed by atoms with Gasteiger partial charge in [0.1, 0.15) is 6.04 Å². The number of allylic oxidation sites excluding steroid dienone is 1. The maximum atomic E-state index is 13.4. The van der Waals surface area contributed by atoms with Crippen LogP contribution in [0.3, 0.4) is 0 Å². The largest absolute Gasteiger partial charge is 0.379 e. The van der Waals surface area contributed by atoms with E-state index in [2.05, 4.69) is 53.2 Å². The smallest absolute Gasteiger partial charge is 0.259 e. The molecule has 2 fully saturated rings. The lowest BCUT2D eigenvalue weighted by molar-refractivity contribution is -0.122. The molecule has 0 bridgehead atoms. The van der Waals surface area contributed by atoms with E-state index in [9.17, 15) is 9.59 Å². The van der Waals surface area contributed by atoms with Crippen LogP contribution < -0.4 is 10.2 Å². The molecule has 0 spiro atoms. The molecule has 3 aromatic carbocycles. The number of nitrogens with zero attached hydrogens (tertiary/aromatic N) is 2. The first-order valence-corrected chi connectivity index (χ1v) is 12.3. The number of hydrogen-bond donors (Lipinski definition) is 1. The van der Waals surface area contributed by atoms with Crippen molar-refractivity contribution in [1.29, 1.82) is 0 Å². The van der Waals surface area contributed by atoms with Crippen molar-refractivity contribution in [3.8, 4) is 0 Å². The molecular weight excluding hydrogens is 438 g/mol. The van der Waals surface area contributed by atoms with Gasteiger partial charge in [0.15, 0.2) is 0 Å². The van der Waals surface area contributed by atoms with Gasteiger partial charge in [-0.3, -0.25) is 19.4 Å². The van der Waals surface area contributed by atoms with E-state index in [0.717, 1.165) is 55.7 Å². The van der Waals surface area contributed by atoms with Crippen LogP contribution in [0, 0.1) is 0 Å². The van der Waals surface area contributed by atoms with Crippen molar-refractivity contribution in [2.45, 2.75) is 31.8 Å². The number of rotatable bonds is 5. The second kappa shape index (κ2) is 8.95. The number of benzene rings is 3. The van der Waals surface area contributed by atoms with Gasteiger partial charge in [-0.25, -0.2) is 0 Å². The summed E-state index contributed by atoms with van der Waals surface area (Å²) in [5.74, 6) is -0.250. The number of carbonyl (C=O) groups excluding carboxylic acids is 2. The molecule has 35 heavy (non-hydrogen) atoms. The molecule has 0 saturated carbocycles. The third kappa shape index (κ3) is 4.03. The second-order valence-corrected chi connectivity index (χ2v) is 9.68. The topological polar surface area (TPSA) is 61.9 Å². The van der Waals surface area contributed by atoms with Gasteiger partial charge < -0.3 is 10.1 Å². The van der Waals surface area contributed by atoms with E-state index in [1.54, 1.807) is 4.90 Å². The summed E-state index contributed by atoms with van der Waals surface area (Å²) in [5, 5.41) is 4.86. The van der Waals surface area contributed by atoms with E-state index in [-0.39, 0.29) is 11.8 Å². The zero-order valence-corrected chi connectivity index (χ0v) is 19.8. The Balaban J connectivity index is 1.27. The molecule has 0 aromatic heterocycles. The predicted molar refractivity (Wildman–Crippen MR) is 136 cm³/mol. The summed E-state index contributed by atoms with van der Waals surface area (Å²) < 4.78 is 5.45. The molecule has 0 radical (unpaired) electrons. The molecule has 6 nitrogen and oxygen atoms in total. The molecule has 178 valence electrons. The van der Waals surface area contributed by atoms with Crippen LogP contribution in [0.25, 0.3) is 10.8 Å². The van der Waals surface area contributed by atoms with Crippen LogP contribution in [0.5, 0.6) is 0 Å². The van der Waals surface area contributed by atoms with Gasteiger partial charge in [0, 0.05) is 36.3 Å². The fourth-order valence-corrected chi connectivity index (χ4v) is 5.54. The number of hydrogen-bond acceptors (Lipinski definition) is 4. The first-order chi connectivity index (χ1) is 17.1. The molecule has 2 amide bonds. The third-order valence-corrected chi connectivity index (χ3v) is 7.38. The van der Waals surface area contributed by atoms with Crippen LogP contribution in [0.1, 0.15) is 39.9 Å². The zero-order chi connectivity index (χ0) is 23.9. The normalized spacial score (nSPS) is 20.5. The van der Waals surface area contributed by atoms with Crippen molar-refractivity contribution >= 4 is 28.3 Å². The van der Waals surface area contributed by atoms with Gasteiger partial charge >= 0.3 is 0 Å². The molecule has 0 unspecified atom stereocenters. The predicted octanol–water partition coefficient (Wildman–Crippen LogP) is 4.02. The minimum Gasteiger partial charge on any atom is -0.379 e. The fraction of sp³-hybridized carbons (Fsp3) is 0.310. The van der Waals surface area contributed by atoms with E-state index in [1.807, 2.05) is 18.2 Å². The maximum Gasteiger partial charge on any atom is 0.259 e. The molecule has 0 aliphatic carbocycles. The van der Waals surface area contributed by atoms with Crippen molar-refractivity contribution in [2.75, 3.05) is 31.2 Å². The Morgan fingerprint density at radius 3 is 2.51 bits per heavy atom. The number of ether oxygens (including phenoxy) is 1. The SMILES string of the molecule is C=C1CC[C@@H](N2C(=O)c3cccc4c(Cc5ccc(CN6CCOCC6)cc5)ccc2c34)C(=O)N1. The minimum absolute atomic E-state index is 0.0946. The number of morpholine rings is 1. The Hall–Kier alpha value is -3.48. The second-order valence-electron chi connectivity index (χ2n) is 9.68. The van der Waals surface area contributed by atoms with Crippen molar-refractivity contribution in [3.63, 3.8) is 0 Å². The summed E-state index contributed by atoms with van der Waals surface area (Å²) in [7, 11) is 0. The number of piperidine rings is 1. The highest BCUT2D eigenvalue weighted by Crippen LogP contribution is 2.41. The van der Waals surface area contributed by atoms with Gasteiger partial charge in [-0.2, -0.15) is 0 Å². The van der Waals surface area contributed by atoms with Crippen molar-refractivity contribution in [2.24, 2.45) is 0 Å². The highest BCUT2D eigenvalue weighted by molar-refractivity contribution is 6.27. The van der Waals surface area contributed by atoms with Crippen LogP contribution in [0.15, 0.2) is 66.9 Å². The average Bonchev–Trinajstić information content (AvgIpc) is 3.15. The van der Waals surface area contributed by atoms with Crippen molar-refractivity contribution in [3.05, 3.63) is 89.1 Å². The molecule has 3 aromatic rings. The van der Waals surface area contributed by atoms with Gasteiger partial charge in [0.2, 0.25) is 5.91 Å². The van der Waals surface area contributed by atoms with Crippen LogP contribution >= 0.6 is 0 Å². The standard InChI is InChI=1S/C29H29N3O3/c1-19-5-11-26(28(33)30-19)32-25-12-10-22(23-3-2-4-24(27(23)25)29(32)34)17-20-6-8-21(9-7-20)18-31-13-15-35-16-14-31/h2-4,6-10,12,26H,1,5,11,13-18H2,(H,30,33)/t26-/m1/s1. The Morgan fingerprint density at radius 1 is 0.971 bits per heavy atom. The minimum atomic E-state index is -0.506. The van der Waals surface area contributed by atoms with Crippen molar-refractivity contribution in [1.82, 2.24) is 10.2 Å². The quantitative estimate of drug-likeness (QED) is 0.616. The molecule has 3 aliphatic rings. The monoisotopic (exact) mass is 467 g/mol. The van der Waals surface area contributed by atoms with Crippen LogP contribution in [-0.4, -0.2) is 49.1 Å². The number of amides is 2. The van der Waals surface area contributed by atoms with E-state index >= 15 is 0 Å². The third-order valence-electron chi connectivity index (χ3n) is 7.38. The summed E-state index contributed by atoms with van der Waals surface area (Å²) in [6.45, 7) is 8.40. The lowest BCUT2D eigenvalue weighted by atomic mass is 9.95. The highest BCUT2D eigenvalue weighted by atomic mass is 16.5. The number of nitrogens with one attached hydrogen (secondary N) is 1. The van der Waals surface area contributed by atoms with E-state index in [1.165, 1.54) is 16.7 Å².